The van der Waals surface area contributed by atoms with Crippen molar-refractivity contribution in [3.8, 4) is 5.75 Å². The van der Waals surface area contributed by atoms with E-state index in [1.165, 1.54) is 7.11 Å². The molecule has 1 rings (SSSR count). The minimum Gasteiger partial charge on any atom is -0.494 e. The molecule has 0 atom stereocenters. The lowest BCUT2D eigenvalue weighted by Crippen LogP contribution is -2.22. The van der Waals surface area contributed by atoms with Crippen LogP contribution in [-0.4, -0.2) is 19.8 Å². The zero-order chi connectivity index (χ0) is 12.5. The second-order valence-corrected chi connectivity index (χ2v) is 3.37. The number of rotatable bonds is 6. The lowest BCUT2D eigenvalue weighted by molar-refractivity contribution is 0.0250. The molecule has 1 aromatic rings. The fraction of sp³-hybridized carbons (Fsp3) is 0.417. The van der Waals surface area contributed by atoms with Gasteiger partial charge in [-0.3, -0.25) is 4.84 Å². The number of ether oxygens (including phenoxy) is 2. The number of methoxy groups -OCH3 is 1. The number of benzene rings is 1. The predicted octanol–water partition coefficient (Wildman–Crippen LogP) is 2.26. The van der Waals surface area contributed by atoms with Gasteiger partial charge in [-0.1, -0.05) is 19.1 Å². The zero-order valence-electron chi connectivity index (χ0n) is 10.1. The number of hydrogen-bond donors (Lipinski definition) is 1. The molecule has 0 aliphatic carbocycles. The first-order chi connectivity index (χ1) is 8.26. The highest BCUT2D eigenvalue weighted by Crippen LogP contribution is 2.12. The van der Waals surface area contributed by atoms with Gasteiger partial charge in [0.15, 0.2) is 0 Å². The summed E-state index contributed by atoms with van der Waals surface area (Å²) in [7, 11) is 1.28. The molecule has 5 heteroatoms. The number of hydrogen-bond acceptors (Lipinski definition) is 4. The second kappa shape index (κ2) is 7.51. The molecule has 0 aliphatic heterocycles. The van der Waals surface area contributed by atoms with E-state index < -0.39 is 6.09 Å². The Morgan fingerprint density at radius 2 is 2.00 bits per heavy atom. The molecule has 0 aliphatic rings. The summed E-state index contributed by atoms with van der Waals surface area (Å²) in [6, 6.07) is 7.49. The first-order valence-electron chi connectivity index (χ1n) is 5.43. The first-order valence-corrected chi connectivity index (χ1v) is 5.43. The van der Waals surface area contributed by atoms with E-state index in [0.717, 1.165) is 17.7 Å². The molecule has 17 heavy (non-hydrogen) atoms. The summed E-state index contributed by atoms with van der Waals surface area (Å²) in [5.41, 5.74) is 3.07. The SMILES string of the molecule is CCCOc1ccc(CONC(=O)OC)cc1. The van der Waals surface area contributed by atoms with Crippen LogP contribution < -0.4 is 10.2 Å². The molecule has 0 spiro atoms. The van der Waals surface area contributed by atoms with Crippen LogP contribution >= 0.6 is 0 Å². The molecule has 1 aromatic carbocycles. The standard InChI is InChI=1S/C12H17NO4/c1-3-8-16-11-6-4-10(5-7-11)9-17-13-12(14)15-2/h4-7H,3,8-9H2,1-2H3,(H,13,14). The zero-order valence-corrected chi connectivity index (χ0v) is 10.1. The molecule has 5 nitrogen and oxygen atoms in total. The average Bonchev–Trinajstić information content (AvgIpc) is 2.37. The van der Waals surface area contributed by atoms with E-state index in [-0.39, 0.29) is 6.61 Å². The van der Waals surface area contributed by atoms with Crippen LogP contribution in [0, 0.1) is 0 Å². The van der Waals surface area contributed by atoms with Crippen LogP contribution in [0.1, 0.15) is 18.9 Å². The number of carbonyl (C=O) groups excluding carboxylic acids is 1. The highest BCUT2D eigenvalue weighted by Gasteiger charge is 1.99. The third-order valence-electron chi connectivity index (χ3n) is 1.98. The molecule has 1 N–H and O–H groups in total. The van der Waals surface area contributed by atoms with Gasteiger partial charge in [0.2, 0.25) is 0 Å². The molecule has 0 fully saturated rings. The maximum atomic E-state index is 10.7. The fourth-order valence-electron chi connectivity index (χ4n) is 1.12. The van der Waals surface area contributed by atoms with Crippen molar-refractivity contribution in [2.75, 3.05) is 13.7 Å². The van der Waals surface area contributed by atoms with Gasteiger partial charge < -0.3 is 9.47 Å². The van der Waals surface area contributed by atoms with Crippen molar-refractivity contribution in [3.05, 3.63) is 29.8 Å². The van der Waals surface area contributed by atoms with Gasteiger partial charge in [-0.2, -0.15) is 5.48 Å². The number of nitrogens with one attached hydrogen (secondary N) is 1. The van der Waals surface area contributed by atoms with E-state index in [1.807, 2.05) is 24.3 Å². The molecule has 1 amide bonds. The molecule has 0 heterocycles. The summed E-state index contributed by atoms with van der Waals surface area (Å²) in [4.78, 5) is 15.6. The summed E-state index contributed by atoms with van der Waals surface area (Å²) in [6.45, 7) is 3.05. The molecule has 0 aromatic heterocycles. The van der Waals surface area contributed by atoms with Gasteiger partial charge >= 0.3 is 6.09 Å². The monoisotopic (exact) mass is 239 g/mol. The van der Waals surface area contributed by atoms with Crippen LogP contribution in [0.25, 0.3) is 0 Å². The van der Waals surface area contributed by atoms with Crippen LogP contribution in [0.15, 0.2) is 24.3 Å². The van der Waals surface area contributed by atoms with Crippen molar-refractivity contribution in [2.24, 2.45) is 0 Å². The van der Waals surface area contributed by atoms with Crippen LogP contribution in [-0.2, 0) is 16.2 Å². The van der Waals surface area contributed by atoms with Crippen LogP contribution in [0.3, 0.4) is 0 Å². The predicted molar refractivity (Wildman–Crippen MR) is 62.6 cm³/mol. The van der Waals surface area contributed by atoms with Crippen LogP contribution in [0.2, 0.25) is 0 Å². The summed E-state index contributed by atoms with van der Waals surface area (Å²) >= 11 is 0. The van der Waals surface area contributed by atoms with E-state index >= 15 is 0 Å². The highest BCUT2D eigenvalue weighted by atomic mass is 16.7. The summed E-state index contributed by atoms with van der Waals surface area (Å²) < 4.78 is 9.80. The molecule has 0 bridgehead atoms. The Labute approximate surface area is 101 Å². The Kier molecular flexibility index (Phi) is 5.88. The quantitative estimate of drug-likeness (QED) is 0.774. The fourth-order valence-corrected chi connectivity index (χ4v) is 1.12. The van der Waals surface area contributed by atoms with E-state index in [1.54, 1.807) is 0 Å². The van der Waals surface area contributed by atoms with E-state index in [4.69, 9.17) is 9.57 Å². The van der Waals surface area contributed by atoms with E-state index in [2.05, 4.69) is 17.1 Å². The van der Waals surface area contributed by atoms with Crippen molar-refractivity contribution < 1.29 is 19.1 Å². The summed E-state index contributed by atoms with van der Waals surface area (Å²) in [5.74, 6) is 0.830. The summed E-state index contributed by atoms with van der Waals surface area (Å²) in [6.07, 6.45) is 0.362. The van der Waals surface area contributed by atoms with Crippen molar-refractivity contribution in [3.63, 3.8) is 0 Å². The van der Waals surface area contributed by atoms with Crippen LogP contribution in [0.5, 0.6) is 5.75 Å². The lowest BCUT2D eigenvalue weighted by Gasteiger charge is -2.06. The second-order valence-electron chi connectivity index (χ2n) is 3.37. The van der Waals surface area contributed by atoms with Gasteiger partial charge in [-0.25, -0.2) is 4.79 Å². The topological polar surface area (TPSA) is 56.8 Å². The van der Waals surface area contributed by atoms with Gasteiger partial charge in [0.25, 0.3) is 0 Å². The maximum absolute atomic E-state index is 10.7. The normalized spacial score (nSPS) is 9.76. The van der Waals surface area contributed by atoms with Gasteiger partial charge in [-0.05, 0) is 24.1 Å². The van der Waals surface area contributed by atoms with Crippen LogP contribution in [0.4, 0.5) is 4.79 Å². The first kappa shape index (κ1) is 13.3. The smallest absolute Gasteiger partial charge is 0.431 e. The molecule has 0 saturated heterocycles. The molecule has 0 radical (unpaired) electrons. The van der Waals surface area contributed by atoms with Gasteiger partial charge in [0.05, 0.1) is 20.3 Å². The number of amides is 1. The minimum absolute atomic E-state index is 0.281. The molecule has 0 saturated carbocycles. The molecular formula is C12H17NO4. The molecule has 94 valence electrons. The van der Waals surface area contributed by atoms with E-state index in [9.17, 15) is 4.79 Å². The van der Waals surface area contributed by atoms with Crippen molar-refractivity contribution in [1.29, 1.82) is 0 Å². The van der Waals surface area contributed by atoms with Crippen molar-refractivity contribution in [2.45, 2.75) is 20.0 Å². The van der Waals surface area contributed by atoms with Gasteiger partial charge in [0, 0.05) is 0 Å². The third-order valence-corrected chi connectivity index (χ3v) is 1.98. The van der Waals surface area contributed by atoms with Gasteiger partial charge in [-0.15, -0.1) is 0 Å². The average molecular weight is 239 g/mol. The number of carbonyl (C=O) groups is 1. The van der Waals surface area contributed by atoms with Crippen molar-refractivity contribution in [1.82, 2.24) is 5.48 Å². The Bertz CT molecular complexity index is 337. The van der Waals surface area contributed by atoms with E-state index in [0.29, 0.717) is 6.61 Å². The third kappa shape index (κ3) is 5.21. The number of hydroxylamine groups is 1. The lowest BCUT2D eigenvalue weighted by atomic mass is 10.2. The highest BCUT2D eigenvalue weighted by molar-refractivity contribution is 5.65. The largest absolute Gasteiger partial charge is 0.494 e. The van der Waals surface area contributed by atoms with Gasteiger partial charge in [0.1, 0.15) is 5.75 Å². The minimum atomic E-state index is -0.618. The maximum Gasteiger partial charge on any atom is 0.431 e. The summed E-state index contributed by atoms with van der Waals surface area (Å²) in [5, 5.41) is 0. The molecule has 0 unspecified atom stereocenters. The Morgan fingerprint density at radius 1 is 1.29 bits per heavy atom. The van der Waals surface area contributed by atoms with Crippen molar-refractivity contribution >= 4 is 6.09 Å². The molecular weight excluding hydrogens is 222 g/mol. The Balaban J connectivity index is 2.32. The Morgan fingerprint density at radius 3 is 2.59 bits per heavy atom. The Hall–Kier alpha value is -1.75.